The Labute approximate surface area is 168 Å². The molecule has 2 aromatic rings. The lowest BCUT2D eigenvalue weighted by Gasteiger charge is -2.14. The molecule has 6 heteroatoms. The minimum atomic E-state index is -0.319. The number of carbonyl (C=O) groups is 1. The molecular weight excluding hydrogens is 412 g/mol. The van der Waals surface area contributed by atoms with Crippen molar-refractivity contribution >= 4 is 44.9 Å². The van der Waals surface area contributed by atoms with Gasteiger partial charge in [-0.25, -0.2) is 0 Å². The second-order valence-corrected chi connectivity index (χ2v) is 7.47. The van der Waals surface area contributed by atoms with E-state index in [1.54, 1.807) is 13.2 Å². The first-order valence-electron chi connectivity index (χ1n) is 8.42. The number of methoxy groups -OCH3 is 1. The summed E-state index contributed by atoms with van der Waals surface area (Å²) in [5.74, 6) is 0.731. The van der Waals surface area contributed by atoms with Crippen LogP contribution in [0, 0.1) is 6.92 Å². The summed E-state index contributed by atoms with van der Waals surface area (Å²) in [5.41, 5.74) is 3.41. The molecule has 4 nitrogen and oxygen atoms in total. The van der Waals surface area contributed by atoms with E-state index in [2.05, 4.69) is 52.5 Å². The van der Waals surface area contributed by atoms with Gasteiger partial charge < -0.3 is 10.1 Å². The summed E-state index contributed by atoms with van der Waals surface area (Å²) >= 11 is 8.67. The van der Waals surface area contributed by atoms with E-state index in [4.69, 9.17) is 17.0 Å². The van der Waals surface area contributed by atoms with Crippen LogP contribution in [0.3, 0.4) is 0 Å². The van der Waals surface area contributed by atoms with Crippen molar-refractivity contribution < 1.29 is 9.53 Å². The van der Waals surface area contributed by atoms with Crippen LogP contribution >= 0.6 is 28.1 Å². The molecule has 26 heavy (non-hydrogen) atoms. The van der Waals surface area contributed by atoms with E-state index < -0.39 is 0 Å². The van der Waals surface area contributed by atoms with Crippen LogP contribution in [0.5, 0.6) is 5.75 Å². The highest BCUT2D eigenvalue weighted by molar-refractivity contribution is 9.10. The highest BCUT2D eigenvalue weighted by atomic mass is 79.9. The number of amides is 1. The van der Waals surface area contributed by atoms with Crippen molar-refractivity contribution in [1.82, 2.24) is 5.32 Å². The van der Waals surface area contributed by atoms with Crippen LogP contribution in [0.2, 0.25) is 0 Å². The van der Waals surface area contributed by atoms with Gasteiger partial charge in [-0.2, -0.15) is 0 Å². The zero-order valence-electron chi connectivity index (χ0n) is 15.4. The Morgan fingerprint density at radius 3 is 2.50 bits per heavy atom. The molecule has 0 radical (unpaired) electrons. The molecule has 0 fully saturated rings. The molecule has 0 aromatic heterocycles. The van der Waals surface area contributed by atoms with E-state index in [1.165, 1.54) is 5.56 Å². The Bertz CT molecular complexity index is 806. The van der Waals surface area contributed by atoms with Crippen molar-refractivity contribution in [2.24, 2.45) is 0 Å². The van der Waals surface area contributed by atoms with Gasteiger partial charge in [-0.15, -0.1) is 0 Å². The largest absolute Gasteiger partial charge is 0.496 e. The molecule has 0 aliphatic carbocycles. The Morgan fingerprint density at radius 2 is 1.92 bits per heavy atom. The normalized spacial score (nSPS) is 11.6. The molecular formula is C20H23BrN2O2S. The van der Waals surface area contributed by atoms with E-state index in [9.17, 15) is 4.79 Å². The second-order valence-electron chi connectivity index (χ2n) is 6.14. The highest BCUT2D eigenvalue weighted by Crippen LogP contribution is 2.27. The highest BCUT2D eigenvalue weighted by Gasteiger charge is 2.16. The van der Waals surface area contributed by atoms with E-state index in [0.29, 0.717) is 17.2 Å². The van der Waals surface area contributed by atoms with Gasteiger partial charge in [0, 0.05) is 10.2 Å². The van der Waals surface area contributed by atoms with Crippen molar-refractivity contribution in [1.29, 1.82) is 0 Å². The number of hydrogen-bond acceptors (Lipinski definition) is 3. The number of aryl methyl sites for hydroxylation is 1. The van der Waals surface area contributed by atoms with Crippen LogP contribution in [0.1, 0.15) is 47.7 Å². The quantitative estimate of drug-likeness (QED) is 0.617. The number of rotatable bonds is 5. The summed E-state index contributed by atoms with van der Waals surface area (Å²) < 4.78 is 6.16. The Kier molecular flexibility index (Phi) is 7.17. The lowest BCUT2D eigenvalue weighted by molar-refractivity contribution is 0.0974. The van der Waals surface area contributed by atoms with Crippen LogP contribution < -0.4 is 15.4 Å². The van der Waals surface area contributed by atoms with Gasteiger partial charge >= 0.3 is 0 Å². The van der Waals surface area contributed by atoms with Crippen LogP contribution in [-0.4, -0.2) is 18.1 Å². The summed E-state index contributed by atoms with van der Waals surface area (Å²) in [5, 5.41) is 5.99. The molecule has 0 aliphatic rings. The molecule has 0 saturated carbocycles. The minimum Gasteiger partial charge on any atom is -0.496 e. The number of anilines is 1. The van der Waals surface area contributed by atoms with Gasteiger partial charge in [0.15, 0.2) is 5.11 Å². The number of nitrogens with one attached hydrogen (secondary N) is 2. The molecule has 0 spiro atoms. The number of hydrogen-bond donors (Lipinski definition) is 2. The fourth-order valence-electron chi connectivity index (χ4n) is 2.63. The van der Waals surface area contributed by atoms with Crippen molar-refractivity contribution in [3.8, 4) is 5.75 Å². The Balaban J connectivity index is 2.07. The SMILES string of the molecule is CC[C@H](C)c1ccc(NC(=S)NC(=O)c2cc(Br)cc(C)c2OC)cc1. The predicted molar refractivity (Wildman–Crippen MR) is 114 cm³/mol. The van der Waals surface area contributed by atoms with Gasteiger partial charge in [-0.1, -0.05) is 41.9 Å². The van der Waals surface area contributed by atoms with Crippen LogP contribution in [0.4, 0.5) is 5.69 Å². The first-order chi connectivity index (χ1) is 12.3. The smallest absolute Gasteiger partial charge is 0.261 e. The summed E-state index contributed by atoms with van der Waals surface area (Å²) in [6, 6.07) is 11.7. The lowest BCUT2D eigenvalue weighted by atomic mass is 9.99. The monoisotopic (exact) mass is 434 g/mol. The van der Waals surface area contributed by atoms with Gasteiger partial charge in [-0.3, -0.25) is 10.1 Å². The van der Waals surface area contributed by atoms with Crippen molar-refractivity contribution in [3.05, 3.63) is 57.6 Å². The zero-order chi connectivity index (χ0) is 19.3. The molecule has 0 unspecified atom stereocenters. The van der Waals surface area contributed by atoms with E-state index in [-0.39, 0.29) is 11.0 Å². The lowest BCUT2D eigenvalue weighted by Crippen LogP contribution is -2.34. The predicted octanol–water partition coefficient (Wildman–Crippen LogP) is 5.41. The number of carbonyl (C=O) groups excluding carboxylic acids is 1. The molecule has 2 rings (SSSR count). The average Bonchev–Trinajstić information content (AvgIpc) is 2.60. The molecule has 2 N–H and O–H groups in total. The molecule has 0 bridgehead atoms. The third kappa shape index (κ3) is 5.05. The van der Waals surface area contributed by atoms with Crippen molar-refractivity contribution in [2.75, 3.05) is 12.4 Å². The molecule has 0 aliphatic heterocycles. The number of ether oxygens (including phenoxy) is 1. The Hall–Kier alpha value is -1.92. The number of benzene rings is 2. The second kappa shape index (κ2) is 9.14. The van der Waals surface area contributed by atoms with Gasteiger partial charge in [0.2, 0.25) is 0 Å². The molecule has 0 heterocycles. The summed E-state index contributed by atoms with van der Waals surface area (Å²) in [7, 11) is 1.54. The van der Waals surface area contributed by atoms with Gasteiger partial charge in [0.1, 0.15) is 5.75 Å². The Morgan fingerprint density at radius 1 is 1.27 bits per heavy atom. The molecule has 138 valence electrons. The summed E-state index contributed by atoms with van der Waals surface area (Å²) in [6.45, 7) is 6.25. The van der Waals surface area contributed by atoms with Crippen LogP contribution in [0.25, 0.3) is 0 Å². The van der Waals surface area contributed by atoms with Gasteiger partial charge in [-0.05, 0) is 66.9 Å². The average molecular weight is 435 g/mol. The molecule has 0 saturated heterocycles. The number of halogens is 1. The zero-order valence-corrected chi connectivity index (χ0v) is 17.8. The first-order valence-corrected chi connectivity index (χ1v) is 9.62. The maximum atomic E-state index is 12.6. The fourth-order valence-corrected chi connectivity index (χ4v) is 3.42. The number of thiocarbonyl (C=S) groups is 1. The summed E-state index contributed by atoms with van der Waals surface area (Å²) in [4.78, 5) is 12.6. The first kappa shape index (κ1) is 20.4. The third-order valence-electron chi connectivity index (χ3n) is 4.27. The van der Waals surface area contributed by atoms with Gasteiger partial charge in [0.25, 0.3) is 5.91 Å². The maximum absolute atomic E-state index is 12.6. The van der Waals surface area contributed by atoms with E-state index in [1.807, 2.05) is 25.1 Å². The minimum absolute atomic E-state index is 0.242. The van der Waals surface area contributed by atoms with E-state index in [0.717, 1.165) is 22.1 Å². The van der Waals surface area contributed by atoms with Crippen molar-refractivity contribution in [3.63, 3.8) is 0 Å². The summed E-state index contributed by atoms with van der Waals surface area (Å²) in [6.07, 6.45) is 1.09. The fraction of sp³-hybridized carbons (Fsp3) is 0.300. The van der Waals surface area contributed by atoms with Crippen molar-refractivity contribution in [2.45, 2.75) is 33.1 Å². The topological polar surface area (TPSA) is 50.4 Å². The molecule has 2 aromatic carbocycles. The third-order valence-corrected chi connectivity index (χ3v) is 4.93. The van der Waals surface area contributed by atoms with E-state index >= 15 is 0 Å². The van der Waals surface area contributed by atoms with Crippen LogP contribution in [-0.2, 0) is 0 Å². The molecule has 1 amide bonds. The maximum Gasteiger partial charge on any atom is 0.261 e. The van der Waals surface area contributed by atoms with Crippen LogP contribution in [0.15, 0.2) is 40.9 Å². The van der Waals surface area contributed by atoms with Gasteiger partial charge in [0.05, 0.1) is 12.7 Å². The molecule has 1 atom stereocenters. The standard InChI is InChI=1S/C20H23BrN2O2S/c1-5-12(2)14-6-8-16(9-7-14)22-20(26)23-19(24)17-11-15(21)10-13(3)18(17)25-4/h6-12H,5H2,1-4H3,(H2,22,23,24,26)/t12-/m0/s1.